The van der Waals surface area contributed by atoms with Crippen molar-refractivity contribution in [3.63, 3.8) is 0 Å². The van der Waals surface area contributed by atoms with Crippen LogP contribution in [0.25, 0.3) is 11.0 Å². The largest absolute Gasteiger partial charge is 0.365 e. The van der Waals surface area contributed by atoms with Crippen molar-refractivity contribution in [2.45, 2.75) is 70.5 Å². The summed E-state index contributed by atoms with van der Waals surface area (Å²) in [5, 5.41) is 3.81. The molecule has 2 aromatic heterocycles. The van der Waals surface area contributed by atoms with E-state index in [2.05, 4.69) is 20.2 Å². The van der Waals surface area contributed by atoms with E-state index >= 15 is 8.78 Å². The zero-order chi connectivity index (χ0) is 34.4. The Kier molecular flexibility index (Phi) is 9.26. The maximum absolute atomic E-state index is 16.2. The average molecular weight is 686 g/mol. The van der Waals surface area contributed by atoms with Gasteiger partial charge in [-0.25, -0.2) is 27.2 Å². The number of benzene rings is 1. The molecule has 0 saturated carbocycles. The molecular formula is C34H45F2N7O4S. The standard InChI is InChI=1S/C34H45F2N7O4S/c1-23-24-8-7-9-25(18-24)34(35,36)26-10-13-42(33(2,3)20-26)12-6-5-11-40(4)29(44)21-43-31-27(30(39-23)37-22-38-31)19-28(32(43)45)41-14-16-48(46,47)17-15-41/h7-9,18-19,22-23,26H,5-6,10-17,20-21H2,1-4H3,(H,37,38,39)/t23-,26?/m1/s1. The van der Waals surface area contributed by atoms with Gasteiger partial charge in [0.2, 0.25) is 5.91 Å². The van der Waals surface area contributed by atoms with E-state index in [4.69, 9.17) is 0 Å². The lowest BCUT2D eigenvalue weighted by Crippen LogP contribution is -2.52. The Bertz CT molecular complexity index is 1850. The molecule has 11 nitrogen and oxygen atoms in total. The van der Waals surface area contributed by atoms with E-state index in [9.17, 15) is 18.0 Å². The second-order valence-corrected chi connectivity index (χ2v) is 16.4. The van der Waals surface area contributed by atoms with Gasteiger partial charge in [-0.15, -0.1) is 0 Å². The fraction of sp³-hybridized carbons (Fsp3) is 0.588. The normalized spacial score (nSPS) is 26.2. The Morgan fingerprint density at radius 2 is 1.71 bits per heavy atom. The first kappa shape index (κ1) is 34.2. The van der Waals surface area contributed by atoms with Gasteiger partial charge in [0.25, 0.3) is 11.5 Å². The van der Waals surface area contributed by atoms with Crippen molar-refractivity contribution >= 4 is 38.3 Å². The number of fused-ring (bicyclic) bond motifs is 9. The maximum atomic E-state index is 16.2. The molecule has 48 heavy (non-hydrogen) atoms. The van der Waals surface area contributed by atoms with Crippen LogP contribution in [-0.2, 0) is 27.1 Å². The maximum Gasteiger partial charge on any atom is 0.276 e. The van der Waals surface area contributed by atoms with Gasteiger partial charge in [-0.3, -0.25) is 19.1 Å². The van der Waals surface area contributed by atoms with Crippen molar-refractivity contribution in [2.75, 3.05) is 61.5 Å². The third-order valence-corrected chi connectivity index (χ3v) is 12.0. The minimum atomic E-state index is -3.21. The monoisotopic (exact) mass is 685 g/mol. The molecule has 6 heterocycles. The van der Waals surface area contributed by atoms with Crippen molar-refractivity contribution in [3.05, 3.63) is 58.1 Å². The average Bonchev–Trinajstić information content (AvgIpc) is 3.04. The molecular weight excluding hydrogens is 640 g/mol. The van der Waals surface area contributed by atoms with Gasteiger partial charge in [-0.2, -0.15) is 0 Å². The van der Waals surface area contributed by atoms with Crippen LogP contribution < -0.4 is 15.8 Å². The minimum absolute atomic E-state index is 0.0148. The second-order valence-electron chi connectivity index (χ2n) is 14.1. The predicted molar refractivity (Wildman–Crippen MR) is 182 cm³/mol. The third-order valence-electron chi connectivity index (χ3n) is 10.4. The molecule has 1 N–H and O–H groups in total. The number of alkyl halides is 2. The molecule has 14 heteroatoms. The van der Waals surface area contributed by atoms with Crippen LogP contribution in [0.5, 0.6) is 0 Å². The van der Waals surface area contributed by atoms with Crippen LogP contribution in [0.4, 0.5) is 20.3 Å². The fourth-order valence-electron chi connectivity index (χ4n) is 7.35. The Hall–Kier alpha value is -3.65. The molecule has 3 aromatic rings. The van der Waals surface area contributed by atoms with E-state index in [-0.39, 0.29) is 53.9 Å². The number of amides is 1. The summed E-state index contributed by atoms with van der Waals surface area (Å²) in [6.07, 6.45) is 3.57. The van der Waals surface area contributed by atoms with Crippen LogP contribution in [0.3, 0.4) is 0 Å². The van der Waals surface area contributed by atoms with Gasteiger partial charge in [-0.05, 0) is 77.2 Å². The summed E-state index contributed by atoms with van der Waals surface area (Å²) in [6.45, 7) is 7.73. The van der Waals surface area contributed by atoms with Gasteiger partial charge in [0, 0.05) is 49.7 Å². The van der Waals surface area contributed by atoms with E-state index in [1.807, 2.05) is 20.8 Å². The van der Waals surface area contributed by atoms with Gasteiger partial charge in [0.15, 0.2) is 9.84 Å². The number of nitrogens with zero attached hydrogens (tertiary/aromatic N) is 6. The van der Waals surface area contributed by atoms with E-state index < -0.39 is 38.8 Å². The smallest absolute Gasteiger partial charge is 0.276 e. The Labute approximate surface area is 280 Å². The molecule has 1 amide bonds. The van der Waals surface area contributed by atoms with Crippen LogP contribution in [-0.4, -0.2) is 95.5 Å². The molecule has 0 spiro atoms. The lowest BCUT2D eigenvalue weighted by atomic mass is 9.77. The number of hydrogen-bond acceptors (Lipinski definition) is 9. The van der Waals surface area contributed by atoms with Crippen LogP contribution in [0, 0.1) is 5.92 Å². The number of sulfone groups is 1. The molecule has 1 aromatic carbocycles. The number of aromatic nitrogens is 3. The Morgan fingerprint density at radius 1 is 0.979 bits per heavy atom. The fourth-order valence-corrected chi connectivity index (χ4v) is 8.55. The van der Waals surface area contributed by atoms with Crippen molar-refractivity contribution in [1.82, 2.24) is 24.3 Å². The first-order valence-electron chi connectivity index (χ1n) is 16.7. The summed E-state index contributed by atoms with van der Waals surface area (Å²) in [7, 11) is -1.51. The van der Waals surface area contributed by atoms with Gasteiger partial charge in [0.05, 0.1) is 16.9 Å². The van der Waals surface area contributed by atoms with Crippen molar-refractivity contribution in [2.24, 2.45) is 5.92 Å². The number of nitrogens with one attached hydrogen (secondary N) is 1. The molecule has 7 rings (SSSR count). The highest BCUT2D eigenvalue weighted by Gasteiger charge is 2.47. The predicted octanol–water partition coefficient (Wildman–Crippen LogP) is 4.03. The van der Waals surface area contributed by atoms with Gasteiger partial charge in [0.1, 0.15) is 30.0 Å². The van der Waals surface area contributed by atoms with E-state index in [1.165, 1.54) is 17.0 Å². The van der Waals surface area contributed by atoms with Crippen molar-refractivity contribution in [3.8, 4) is 0 Å². The van der Waals surface area contributed by atoms with Crippen LogP contribution >= 0.6 is 0 Å². The number of hydrogen-bond donors (Lipinski definition) is 1. The van der Waals surface area contributed by atoms with Gasteiger partial charge in [-0.1, -0.05) is 18.2 Å². The Balaban J connectivity index is 1.43. The lowest BCUT2D eigenvalue weighted by Gasteiger charge is -2.47. The number of rotatable bonds is 1. The van der Waals surface area contributed by atoms with E-state index in [1.54, 1.807) is 41.1 Å². The number of likely N-dealkylation sites (N-methyl/N-ethyl adjacent to an activating group) is 1. The first-order valence-corrected chi connectivity index (χ1v) is 18.6. The molecule has 0 aliphatic carbocycles. The number of carbonyl (C=O) groups is 1. The SMILES string of the molecule is C[C@H]1Nc2ncnc3c2cc(N2CCS(=O)(=O)CC2)c(=O)n3CC(=O)N(C)CCCCN2CCC(CC2(C)C)C(F)(F)c2cccc1c2. The molecule has 4 aliphatic rings. The summed E-state index contributed by atoms with van der Waals surface area (Å²) in [5.41, 5.74) is 0.285. The first-order chi connectivity index (χ1) is 22.7. The summed E-state index contributed by atoms with van der Waals surface area (Å²) >= 11 is 0. The zero-order valence-corrected chi connectivity index (χ0v) is 28.9. The number of anilines is 2. The quantitative estimate of drug-likeness (QED) is 0.405. The van der Waals surface area contributed by atoms with Crippen molar-refractivity contribution in [1.29, 1.82) is 0 Å². The lowest BCUT2D eigenvalue weighted by molar-refractivity contribution is -0.130. The van der Waals surface area contributed by atoms with E-state index in [0.29, 0.717) is 49.1 Å². The third kappa shape index (κ3) is 6.78. The highest BCUT2D eigenvalue weighted by atomic mass is 32.2. The molecule has 8 bridgehead atoms. The minimum Gasteiger partial charge on any atom is -0.365 e. The number of carbonyl (C=O) groups excluding carboxylic acids is 1. The second kappa shape index (κ2) is 13.0. The van der Waals surface area contributed by atoms with E-state index in [0.717, 1.165) is 13.0 Å². The summed E-state index contributed by atoms with van der Waals surface area (Å²) in [4.78, 5) is 42.1. The summed E-state index contributed by atoms with van der Waals surface area (Å²) in [6, 6.07) is 7.71. The molecule has 2 unspecified atom stereocenters. The number of piperidine rings is 1. The number of pyridine rings is 1. The van der Waals surface area contributed by atoms with Crippen molar-refractivity contribution < 1.29 is 22.0 Å². The zero-order valence-electron chi connectivity index (χ0n) is 28.1. The number of halogens is 2. The van der Waals surface area contributed by atoms with Crippen LogP contribution in [0.1, 0.15) is 63.6 Å². The molecule has 2 saturated heterocycles. The Morgan fingerprint density at radius 3 is 2.44 bits per heavy atom. The van der Waals surface area contributed by atoms with Gasteiger partial charge < -0.3 is 15.1 Å². The highest BCUT2D eigenvalue weighted by molar-refractivity contribution is 7.91. The topological polar surface area (TPSA) is 121 Å². The molecule has 3 atom stereocenters. The van der Waals surface area contributed by atoms with Gasteiger partial charge >= 0.3 is 0 Å². The molecule has 260 valence electrons. The van der Waals surface area contributed by atoms with Crippen LogP contribution in [0.15, 0.2) is 41.5 Å². The highest BCUT2D eigenvalue weighted by Crippen LogP contribution is 2.46. The summed E-state index contributed by atoms with van der Waals surface area (Å²) < 4.78 is 58.1. The van der Waals surface area contributed by atoms with Crippen LogP contribution in [0.2, 0.25) is 0 Å². The molecule has 4 aliphatic heterocycles. The summed E-state index contributed by atoms with van der Waals surface area (Å²) in [5.74, 6) is -3.89. The molecule has 0 radical (unpaired) electrons. The molecule has 2 fully saturated rings.